The summed E-state index contributed by atoms with van der Waals surface area (Å²) in [6, 6.07) is 52.4. The Kier molecular flexibility index (Phi) is 17.3. The van der Waals surface area contributed by atoms with E-state index in [9.17, 15) is 15.3 Å². The van der Waals surface area contributed by atoms with Gasteiger partial charge in [-0.1, -0.05) is 143 Å². The standard InChI is InChI=1S/C61H68N4O7/c1-60(2,49-23-31-56(32-24-49)71-43-52(67)40-64-37-35-62-58(64)45-14-8-5-9-15-45)47-19-27-54(28-20-47)69-39-13-7-12-18-51(66)42-70-55-29-21-48(22-30-55)61(3,4)50-25-33-57(34-26-50)72-44-53(68)41-65-38-36-63-59(65)46-16-10-6-11-17-46/h5-6,8-11,14-17,19-38,51-53,66-68H,7,12-13,18,39-44H2,1-4H3. The summed E-state index contributed by atoms with van der Waals surface area (Å²) in [7, 11) is 0. The first kappa shape index (κ1) is 51.2. The number of aliphatic hydroxyl groups is 3. The molecule has 0 spiro atoms. The molecule has 2 aromatic heterocycles. The molecular weight excluding hydrogens is 901 g/mol. The summed E-state index contributed by atoms with van der Waals surface area (Å²) in [6.07, 6.45) is 8.66. The second-order valence-corrected chi connectivity index (χ2v) is 19.5. The fourth-order valence-electron chi connectivity index (χ4n) is 8.88. The van der Waals surface area contributed by atoms with E-state index in [2.05, 4.69) is 86.2 Å². The van der Waals surface area contributed by atoms with Crippen molar-refractivity contribution in [3.63, 3.8) is 0 Å². The summed E-state index contributed by atoms with van der Waals surface area (Å²) in [5.41, 5.74) is 6.09. The summed E-state index contributed by atoms with van der Waals surface area (Å²) in [5.74, 6) is 4.59. The van der Waals surface area contributed by atoms with Crippen molar-refractivity contribution in [2.24, 2.45) is 0 Å². The van der Waals surface area contributed by atoms with Gasteiger partial charge in [-0.3, -0.25) is 0 Å². The Morgan fingerprint density at radius 2 is 0.764 bits per heavy atom. The van der Waals surface area contributed by atoms with Crippen LogP contribution in [-0.4, -0.2) is 79.2 Å². The Balaban J connectivity index is 0.694. The molecule has 0 aliphatic heterocycles. The summed E-state index contributed by atoms with van der Waals surface area (Å²) in [4.78, 5) is 8.94. The Labute approximate surface area is 424 Å². The van der Waals surface area contributed by atoms with Crippen molar-refractivity contribution in [3.8, 4) is 45.8 Å². The lowest BCUT2D eigenvalue weighted by molar-refractivity contribution is 0.0927. The van der Waals surface area contributed by atoms with Crippen LogP contribution in [0.3, 0.4) is 0 Å². The van der Waals surface area contributed by atoms with Gasteiger partial charge in [0.05, 0.1) is 25.8 Å². The van der Waals surface area contributed by atoms with Crippen LogP contribution in [0.1, 0.15) is 75.6 Å². The number of aliphatic hydroxyl groups excluding tert-OH is 3. The number of ether oxygens (including phenoxy) is 4. The molecule has 0 aliphatic rings. The third-order valence-corrected chi connectivity index (χ3v) is 13.4. The summed E-state index contributed by atoms with van der Waals surface area (Å²) in [6.45, 7) is 10.7. The molecule has 0 aliphatic carbocycles. The molecule has 3 atom stereocenters. The highest BCUT2D eigenvalue weighted by Crippen LogP contribution is 2.35. The fraction of sp³-hybridized carbons (Fsp3) is 0.311. The van der Waals surface area contributed by atoms with Gasteiger partial charge >= 0.3 is 0 Å². The third-order valence-electron chi connectivity index (χ3n) is 13.4. The highest BCUT2D eigenvalue weighted by molar-refractivity contribution is 5.56. The lowest BCUT2D eigenvalue weighted by atomic mass is 9.78. The molecule has 0 radical (unpaired) electrons. The molecule has 6 aromatic carbocycles. The number of aromatic nitrogens is 4. The molecule has 0 saturated heterocycles. The van der Waals surface area contributed by atoms with E-state index in [4.69, 9.17) is 18.9 Å². The largest absolute Gasteiger partial charge is 0.494 e. The van der Waals surface area contributed by atoms with Crippen LogP contribution in [0.25, 0.3) is 22.8 Å². The molecular formula is C61H68N4O7. The van der Waals surface area contributed by atoms with E-state index in [1.54, 1.807) is 12.4 Å². The molecule has 0 bridgehead atoms. The Bertz CT molecular complexity index is 2840. The highest BCUT2D eigenvalue weighted by atomic mass is 16.5. The maximum Gasteiger partial charge on any atom is 0.139 e. The van der Waals surface area contributed by atoms with Crippen molar-refractivity contribution in [2.45, 2.75) is 95.6 Å². The van der Waals surface area contributed by atoms with Gasteiger partial charge in [0, 0.05) is 46.7 Å². The van der Waals surface area contributed by atoms with Gasteiger partial charge in [0.2, 0.25) is 0 Å². The number of nitrogens with zero attached hydrogens (tertiary/aromatic N) is 4. The molecule has 11 nitrogen and oxygen atoms in total. The van der Waals surface area contributed by atoms with Gasteiger partial charge in [-0.25, -0.2) is 9.97 Å². The van der Waals surface area contributed by atoms with E-state index >= 15 is 0 Å². The molecule has 0 saturated carbocycles. The van der Waals surface area contributed by atoms with Crippen molar-refractivity contribution in [1.82, 2.24) is 19.1 Å². The molecule has 3 N–H and O–H groups in total. The van der Waals surface area contributed by atoms with E-state index in [1.807, 2.05) is 131 Å². The van der Waals surface area contributed by atoms with Crippen molar-refractivity contribution in [3.05, 3.63) is 205 Å². The quantitative estimate of drug-likeness (QED) is 0.0454. The number of hydrogen-bond donors (Lipinski definition) is 3. The van der Waals surface area contributed by atoms with Gasteiger partial charge in [0.25, 0.3) is 0 Å². The zero-order chi connectivity index (χ0) is 50.3. The summed E-state index contributed by atoms with van der Waals surface area (Å²) in [5, 5.41) is 32.2. The molecule has 0 fully saturated rings. The molecule has 11 heteroatoms. The van der Waals surface area contributed by atoms with Gasteiger partial charge in [-0.15, -0.1) is 0 Å². The van der Waals surface area contributed by atoms with Crippen molar-refractivity contribution in [1.29, 1.82) is 0 Å². The van der Waals surface area contributed by atoms with E-state index in [0.717, 1.165) is 70.2 Å². The first-order chi connectivity index (χ1) is 34.9. The van der Waals surface area contributed by atoms with Crippen LogP contribution < -0.4 is 18.9 Å². The number of imidazole rings is 2. The Hall–Kier alpha value is -7.18. The lowest BCUT2D eigenvalue weighted by Gasteiger charge is -2.26. The van der Waals surface area contributed by atoms with Crippen LogP contribution in [0.2, 0.25) is 0 Å². The van der Waals surface area contributed by atoms with Crippen molar-refractivity contribution >= 4 is 0 Å². The van der Waals surface area contributed by atoms with Crippen LogP contribution in [0, 0.1) is 0 Å². The number of hydrogen-bond acceptors (Lipinski definition) is 9. The van der Waals surface area contributed by atoms with Crippen molar-refractivity contribution in [2.75, 3.05) is 26.4 Å². The number of unbranched alkanes of at least 4 members (excludes halogenated alkanes) is 2. The minimum Gasteiger partial charge on any atom is -0.494 e. The Morgan fingerprint density at radius 3 is 1.14 bits per heavy atom. The predicted octanol–water partition coefficient (Wildman–Crippen LogP) is 11.3. The molecule has 72 heavy (non-hydrogen) atoms. The summed E-state index contributed by atoms with van der Waals surface area (Å²) >= 11 is 0. The maximum atomic E-state index is 10.8. The predicted molar refractivity (Wildman–Crippen MR) is 284 cm³/mol. The maximum absolute atomic E-state index is 10.8. The first-order valence-corrected chi connectivity index (χ1v) is 25.0. The minimum absolute atomic E-state index is 0.161. The molecule has 8 rings (SSSR count). The number of rotatable bonds is 26. The fourth-order valence-corrected chi connectivity index (χ4v) is 8.88. The zero-order valence-corrected chi connectivity index (χ0v) is 41.9. The van der Waals surface area contributed by atoms with Crippen LogP contribution in [0.15, 0.2) is 183 Å². The van der Waals surface area contributed by atoms with Crippen molar-refractivity contribution < 1.29 is 34.3 Å². The lowest BCUT2D eigenvalue weighted by Crippen LogP contribution is -2.24. The van der Waals surface area contributed by atoms with Crippen LogP contribution in [-0.2, 0) is 23.9 Å². The SMILES string of the molecule is CC(C)(c1ccc(OCCCCCC(O)COc2ccc(C(C)(C)c3ccc(OCC(O)Cn4ccnc4-c4ccccc4)cc3)cc2)cc1)c1ccc(OCC(O)Cn2ccnc2-c2ccccc2)cc1. The highest BCUT2D eigenvalue weighted by Gasteiger charge is 2.25. The van der Waals surface area contributed by atoms with Gasteiger partial charge in [0.15, 0.2) is 0 Å². The smallest absolute Gasteiger partial charge is 0.139 e. The van der Waals surface area contributed by atoms with Crippen LogP contribution in [0.5, 0.6) is 23.0 Å². The third kappa shape index (κ3) is 13.6. The average molecular weight is 969 g/mol. The Morgan fingerprint density at radius 1 is 0.417 bits per heavy atom. The topological polar surface area (TPSA) is 133 Å². The molecule has 374 valence electrons. The van der Waals surface area contributed by atoms with Gasteiger partial charge in [-0.05, 0) is 90.0 Å². The zero-order valence-electron chi connectivity index (χ0n) is 41.9. The second-order valence-electron chi connectivity index (χ2n) is 19.5. The second kappa shape index (κ2) is 24.3. The van der Waals surface area contributed by atoms with Crippen LogP contribution >= 0.6 is 0 Å². The van der Waals surface area contributed by atoms with E-state index in [0.29, 0.717) is 37.6 Å². The normalized spacial score (nSPS) is 13.0. The van der Waals surface area contributed by atoms with Gasteiger partial charge in [0.1, 0.15) is 66.7 Å². The van der Waals surface area contributed by atoms with Gasteiger partial charge < -0.3 is 43.4 Å². The monoisotopic (exact) mass is 969 g/mol. The molecule has 3 unspecified atom stereocenters. The molecule has 2 heterocycles. The van der Waals surface area contributed by atoms with E-state index in [-0.39, 0.29) is 30.7 Å². The minimum atomic E-state index is -0.703. The van der Waals surface area contributed by atoms with Gasteiger partial charge in [-0.2, -0.15) is 0 Å². The summed E-state index contributed by atoms with van der Waals surface area (Å²) < 4.78 is 27.9. The van der Waals surface area contributed by atoms with E-state index < -0.39 is 18.3 Å². The molecule has 8 aromatic rings. The first-order valence-electron chi connectivity index (χ1n) is 25.0. The van der Waals surface area contributed by atoms with Crippen LogP contribution in [0.4, 0.5) is 0 Å². The van der Waals surface area contributed by atoms with E-state index in [1.165, 1.54) is 5.56 Å². The number of benzene rings is 6. The average Bonchev–Trinajstić information content (AvgIpc) is 4.08. The molecule has 0 amide bonds.